The summed E-state index contributed by atoms with van der Waals surface area (Å²) in [5.74, 6) is 1.52. The maximum Gasteiger partial charge on any atom is 0.323 e. The Bertz CT molecular complexity index is 303. The zero-order chi connectivity index (χ0) is 9.92. The molecule has 0 aromatic rings. The smallest absolute Gasteiger partial charge is 0.323 e. The van der Waals surface area contributed by atoms with E-state index in [4.69, 9.17) is 10.8 Å². The SMILES string of the molecule is NC1(C(=O)O)CC2C3C=CC(C3)C2C1. The van der Waals surface area contributed by atoms with Crippen LogP contribution < -0.4 is 5.73 Å². The number of aliphatic carboxylic acids is 1. The van der Waals surface area contributed by atoms with Crippen LogP contribution in [0.15, 0.2) is 12.2 Å². The second kappa shape index (κ2) is 2.40. The molecule has 2 fully saturated rings. The summed E-state index contributed by atoms with van der Waals surface area (Å²) in [6.45, 7) is 0. The van der Waals surface area contributed by atoms with E-state index in [9.17, 15) is 4.79 Å². The monoisotopic (exact) mass is 193 g/mol. The number of allylic oxidation sites excluding steroid dienone is 2. The van der Waals surface area contributed by atoms with Crippen LogP contribution in [-0.2, 0) is 4.79 Å². The molecule has 0 aromatic carbocycles. The molecule has 0 saturated heterocycles. The molecule has 76 valence electrons. The van der Waals surface area contributed by atoms with Crippen LogP contribution in [0.1, 0.15) is 19.3 Å². The normalized spacial score (nSPS) is 53.8. The Balaban J connectivity index is 1.88. The fraction of sp³-hybridized carbons (Fsp3) is 0.727. The molecule has 3 aliphatic rings. The van der Waals surface area contributed by atoms with Crippen LogP contribution in [0.2, 0.25) is 0 Å². The predicted octanol–water partition coefficient (Wildman–Crippen LogP) is 1.00. The molecule has 4 unspecified atom stereocenters. The first-order chi connectivity index (χ1) is 6.60. The van der Waals surface area contributed by atoms with E-state index in [1.165, 1.54) is 6.42 Å². The van der Waals surface area contributed by atoms with Gasteiger partial charge in [-0.05, 0) is 42.9 Å². The van der Waals surface area contributed by atoms with Gasteiger partial charge in [0.2, 0.25) is 0 Å². The van der Waals surface area contributed by atoms with Crippen LogP contribution in [0.4, 0.5) is 0 Å². The van der Waals surface area contributed by atoms with Gasteiger partial charge in [-0.15, -0.1) is 0 Å². The first-order valence-corrected chi connectivity index (χ1v) is 5.31. The van der Waals surface area contributed by atoms with E-state index >= 15 is 0 Å². The predicted molar refractivity (Wildman–Crippen MR) is 51.5 cm³/mol. The molecule has 0 amide bonds. The third-order valence-corrected chi connectivity index (χ3v) is 4.43. The highest BCUT2D eigenvalue weighted by Crippen LogP contribution is 2.57. The summed E-state index contributed by atoms with van der Waals surface area (Å²) < 4.78 is 0. The number of hydrogen-bond acceptors (Lipinski definition) is 2. The molecule has 0 aliphatic heterocycles. The Kier molecular flexibility index (Phi) is 1.45. The Morgan fingerprint density at radius 1 is 1.29 bits per heavy atom. The van der Waals surface area contributed by atoms with Crippen molar-refractivity contribution >= 4 is 5.97 Å². The third-order valence-electron chi connectivity index (χ3n) is 4.43. The Morgan fingerprint density at radius 3 is 2.21 bits per heavy atom. The lowest BCUT2D eigenvalue weighted by Gasteiger charge is -2.20. The van der Waals surface area contributed by atoms with Crippen molar-refractivity contribution < 1.29 is 9.90 Å². The van der Waals surface area contributed by atoms with Crippen LogP contribution in [-0.4, -0.2) is 16.6 Å². The maximum absolute atomic E-state index is 11.0. The number of fused-ring (bicyclic) bond motifs is 5. The molecule has 3 nitrogen and oxygen atoms in total. The van der Waals surface area contributed by atoms with Crippen molar-refractivity contribution in [2.75, 3.05) is 0 Å². The van der Waals surface area contributed by atoms with Gasteiger partial charge in [-0.1, -0.05) is 12.2 Å². The molecule has 3 N–H and O–H groups in total. The maximum atomic E-state index is 11.0. The summed E-state index contributed by atoms with van der Waals surface area (Å²) in [5, 5.41) is 9.08. The van der Waals surface area contributed by atoms with Crippen LogP contribution in [0.25, 0.3) is 0 Å². The number of carboxylic acid groups (broad SMARTS) is 1. The summed E-state index contributed by atoms with van der Waals surface area (Å²) in [6, 6.07) is 0. The van der Waals surface area contributed by atoms with Gasteiger partial charge in [-0.2, -0.15) is 0 Å². The van der Waals surface area contributed by atoms with Crippen molar-refractivity contribution in [1.29, 1.82) is 0 Å². The highest BCUT2D eigenvalue weighted by molar-refractivity contribution is 5.79. The van der Waals surface area contributed by atoms with Crippen LogP contribution in [0.3, 0.4) is 0 Å². The van der Waals surface area contributed by atoms with Crippen molar-refractivity contribution in [1.82, 2.24) is 0 Å². The summed E-state index contributed by atoms with van der Waals surface area (Å²) in [5.41, 5.74) is 4.98. The van der Waals surface area contributed by atoms with Crippen molar-refractivity contribution in [3.8, 4) is 0 Å². The Hall–Kier alpha value is -0.830. The fourth-order valence-corrected chi connectivity index (χ4v) is 3.73. The molecular weight excluding hydrogens is 178 g/mol. The van der Waals surface area contributed by atoms with E-state index in [0.29, 0.717) is 36.5 Å². The van der Waals surface area contributed by atoms with Gasteiger partial charge in [0.25, 0.3) is 0 Å². The molecular formula is C11H15NO2. The molecule has 3 heteroatoms. The fourth-order valence-electron chi connectivity index (χ4n) is 3.73. The minimum atomic E-state index is -0.932. The molecule has 4 atom stereocenters. The van der Waals surface area contributed by atoms with Gasteiger partial charge in [0.15, 0.2) is 0 Å². The largest absolute Gasteiger partial charge is 0.480 e. The van der Waals surface area contributed by atoms with Crippen molar-refractivity contribution in [3.05, 3.63) is 12.2 Å². The molecule has 0 spiro atoms. The molecule has 0 heterocycles. The number of nitrogens with two attached hydrogens (primary N) is 1. The van der Waals surface area contributed by atoms with Gasteiger partial charge < -0.3 is 10.8 Å². The zero-order valence-electron chi connectivity index (χ0n) is 8.02. The minimum absolute atomic E-state index is 0.547. The molecule has 2 bridgehead atoms. The van der Waals surface area contributed by atoms with Crippen molar-refractivity contribution in [2.45, 2.75) is 24.8 Å². The van der Waals surface area contributed by atoms with E-state index in [2.05, 4.69) is 12.2 Å². The molecule has 0 radical (unpaired) electrons. The standard InChI is InChI=1S/C11H15NO2/c12-11(10(13)14)4-8-6-1-2-7(3-6)9(8)5-11/h1-2,6-9H,3-5,12H2,(H,13,14). The molecule has 3 rings (SSSR count). The van der Waals surface area contributed by atoms with Gasteiger partial charge >= 0.3 is 5.97 Å². The second-order valence-corrected chi connectivity index (χ2v) is 5.15. The van der Waals surface area contributed by atoms with E-state index in [1.54, 1.807) is 0 Å². The van der Waals surface area contributed by atoms with E-state index in [-0.39, 0.29) is 0 Å². The van der Waals surface area contributed by atoms with E-state index in [1.807, 2.05) is 0 Å². The average Bonchev–Trinajstić information content (AvgIpc) is 2.72. The van der Waals surface area contributed by atoms with Gasteiger partial charge in [-0.25, -0.2) is 0 Å². The van der Waals surface area contributed by atoms with Crippen LogP contribution >= 0.6 is 0 Å². The van der Waals surface area contributed by atoms with Gasteiger partial charge in [0.1, 0.15) is 5.54 Å². The highest BCUT2D eigenvalue weighted by atomic mass is 16.4. The molecule has 3 aliphatic carbocycles. The lowest BCUT2D eigenvalue weighted by atomic mass is 9.86. The second-order valence-electron chi connectivity index (χ2n) is 5.15. The number of rotatable bonds is 1. The van der Waals surface area contributed by atoms with E-state index in [0.717, 1.165) is 0 Å². The minimum Gasteiger partial charge on any atom is -0.480 e. The lowest BCUT2D eigenvalue weighted by Crippen LogP contribution is -2.46. The topological polar surface area (TPSA) is 63.3 Å². The third kappa shape index (κ3) is 0.883. The Morgan fingerprint density at radius 2 is 1.79 bits per heavy atom. The summed E-state index contributed by atoms with van der Waals surface area (Å²) in [4.78, 5) is 11.0. The summed E-state index contributed by atoms with van der Waals surface area (Å²) in [6.07, 6.45) is 7.13. The molecule has 0 aromatic heterocycles. The summed E-state index contributed by atoms with van der Waals surface area (Å²) in [7, 11) is 0. The van der Waals surface area contributed by atoms with Gasteiger partial charge in [-0.3, -0.25) is 4.79 Å². The quantitative estimate of drug-likeness (QED) is 0.611. The van der Waals surface area contributed by atoms with Gasteiger partial charge in [0.05, 0.1) is 0 Å². The number of hydrogen-bond donors (Lipinski definition) is 2. The van der Waals surface area contributed by atoms with Crippen LogP contribution in [0, 0.1) is 23.7 Å². The van der Waals surface area contributed by atoms with E-state index < -0.39 is 11.5 Å². The molecule has 14 heavy (non-hydrogen) atoms. The zero-order valence-corrected chi connectivity index (χ0v) is 8.02. The summed E-state index contributed by atoms with van der Waals surface area (Å²) >= 11 is 0. The first kappa shape index (κ1) is 8.48. The average molecular weight is 193 g/mol. The van der Waals surface area contributed by atoms with Crippen LogP contribution in [0.5, 0.6) is 0 Å². The first-order valence-electron chi connectivity index (χ1n) is 5.31. The molecule has 2 saturated carbocycles. The lowest BCUT2D eigenvalue weighted by molar-refractivity contribution is -0.143. The van der Waals surface area contributed by atoms with Crippen molar-refractivity contribution in [3.63, 3.8) is 0 Å². The van der Waals surface area contributed by atoms with Crippen molar-refractivity contribution in [2.24, 2.45) is 29.4 Å². The number of carbonyl (C=O) groups is 1. The number of carboxylic acids is 1. The Labute approximate surface area is 83.0 Å². The highest BCUT2D eigenvalue weighted by Gasteiger charge is 2.56. The van der Waals surface area contributed by atoms with Gasteiger partial charge in [0, 0.05) is 0 Å².